The second kappa shape index (κ2) is 7.10. The monoisotopic (exact) mass is 254 g/mol. The van der Waals surface area contributed by atoms with Crippen LogP contribution in [-0.2, 0) is 4.79 Å². The Morgan fingerprint density at radius 2 is 2.00 bits per heavy atom. The van der Waals surface area contributed by atoms with Gasteiger partial charge in [0.25, 0.3) is 0 Å². The van der Waals surface area contributed by atoms with E-state index in [0.717, 1.165) is 45.2 Å². The third-order valence-electron chi connectivity index (χ3n) is 4.25. The summed E-state index contributed by atoms with van der Waals surface area (Å²) in [6.07, 6.45) is 7.54. The zero-order chi connectivity index (χ0) is 12.8. The standard InChI is InChI=1S/C14H26N2O2/c17-13-3-1-2-12(10-13)16-14(18)5-4-11-6-8-15-9-7-11/h11-13,15,17H,1-10H2,(H,16,18). The summed E-state index contributed by atoms with van der Waals surface area (Å²) in [6.45, 7) is 2.20. The van der Waals surface area contributed by atoms with E-state index in [1.165, 1.54) is 12.8 Å². The van der Waals surface area contributed by atoms with Crippen molar-refractivity contribution in [3.8, 4) is 0 Å². The molecule has 2 unspecified atom stereocenters. The number of aliphatic hydroxyl groups excluding tert-OH is 1. The molecule has 0 radical (unpaired) electrons. The van der Waals surface area contributed by atoms with E-state index in [9.17, 15) is 9.90 Å². The lowest BCUT2D eigenvalue weighted by Crippen LogP contribution is -2.40. The van der Waals surface area contributed by atoms with Crippen LogP contribution in [0.25, 0.3) is 0 Å². The van der Waals surface area contributed by atoms with Gasteiger partial charge in [-0.15, -0.1) is 0 Å². The smallest absolute Gasteiger partial charge is 0.220 e. The SMILES string of the molecule is O=C(CCC1CCNCC1)NC1CCCC(O)C1. The van der Waals surface area contributed by atoms with E-state index in [1.54, 1.807) is 0 Å². The summed E-state index contributed by atoms with van der Waals surface area (Å²) >= 11 is 0. The van der Waals surface area contributed by atoms with E-state index in [2.05, 4.69) is 10.6 Å². The molecule has 2 atom stereocenters. The highest BCUT2D eigenvalue weighted by atomic mass is 16.3. The third kappa shape index (κ3) is 4.58. The Balaban J connectivity index is 1.62. The maximum absolute atomic E-state index is 11.9. The van der Waals surface area contributed by atoms with E-state index in [4.69, 9.17) is 0 Å². The second-order valence-corrected chi connectivity index (χ2v) is 5.82. The summed E-state index contributed by atoms with van der Waals surface area (Å²) in [5, 5.41) is 16.0. The van der Waals surface area contributed by atoms with Crippen LogP contribution in [-0.4, -0.2) is 36.2 Å². The summed E-state index contributed by atoms with van der Waals surface area (Å²) < 4.78 is 0. The topological polar surface area (TPSA) is 61.4 Å². The predicted octanol–water partition coefficient (Wildman–Crippen LogP) is 1.19. The van der Waals surface area contributed by atoms with Crippen molar-refractivity contribution in [2.75, 3.05) is 13.1 Å². The number of nitrogens with one attached hydrogen (secondary N) is 2. The van der Waals surface area contributed by atoms with E-state index >= 15 is 0 Å². The molecular weight excluding hydrogens is 228 g/mol. The molecule has 1 aliphatic carbocycles. The molecule has 0 aromatic heterocycles. The lowest BCUT2D eigenvalue weighted by Gasteiger charge is -2.27. The van der Waals surface area contributed by atoms with Gasteiger partial charge in [-0.1, -0.05) is 0 Å². The average molecular weight is 254 g/mol. The Bertz CT molecular complexity index is 265. The summed E-state index contributed by atoms with van der Waals surface area (Å²) in [4.78, 5) is 11.9. The van der Waals surface area contributed by atoms with Gasteiger partial charge in [-0.2, -0.15) is 0 Å². The molecule has 1 amide bonds. The Labute approximate surface area is 110 Å². The van der Waals surface area contributed by atoms with Gasteiger partial charge in [-0.05, 0) is 64.0 Å². The molecule has 104 valence electrons. The first-order chi connectivity index (χ1) is 8.74. The first-order valence-electron chi connectivity index (χ1n) is 7.42. The van der Waals surface area contributed by atoms with E-state index < -0.39 is 0 Å². The van der Waals surface area contributed by atoms with Crippen molar-refractivity contribution < 1.29 is 9.90 Å². The maximum atomic E-state index is 11.9. The van der Waals surface area contributed by atoms with Gasteiger partial charge in [0.15, 0.2) is 0 Å². The molecule has 1 aliphatic heterocycles. The summed E-state index contributed by atoms with van der Waals surface area (Å²) in [6, 6.07) is 0.203. The lowest BCUT2D eigenvalue weighted by atomic mass is 9.91. The number of carbonyl (C=O) groups excluding carboxylic acids is 1. The van der Waals surface area contributed by atoms with Crippen molar-refractivity contribution in [3.63, 3.8) is 0 Å². The fraction of sp³-hybridized carbons (Fsp3) is 0.929. The van der Waals surface area contributed by atoms with Gasteiger partial charge in [-0.25, -0.2) is 0 Å². The normalized spacial score (nSPS) is 30.1. The molecule has 0 aromatic rings. The zero-order valence-corrected chi connectivity index (χ0v) is 11.2. The summed E-state index contributed by atoms with van der Waals surface area (Å²) in [7, 11) is 0. The molecule has 4 nitrogen and oxygen atoms in total. The molecule has 18 heavy (non-hydrogen) atoms. The van der Waals surface area contributed by atoms with Crippen molar-refractivity contribution in [3.05, 3.63) is 0 Å². The largest absolute Gasteiger partial charge is 0.393 e. The molecule has 0 aromatic carbocycles. The molecule has 1 saturated heterocycles. The lowest BCUT2D eigenvalue weighted by molar-refractivity contribution is -0.122. The molecule has 1 heterocycles. The molecule has 0 spiro atoms. The van der Waals surface area contributed by atoms with Crippen LogP contribution in [0.3, 0.4) is 0 Å². The highest BCUT2D eigenvalue weighted by Crippen LogP contribution is 2.20. The van der Waals surface area contributed by atoms with Crippen LogP contribution in [0.4, 0.5) is 0 Å². The quantitative estimate of drug-likeness (QED) is 0.706. The van der Waals surface area contributed by atoms with Gasteiger partial charge in [0.2, 0.25) is 5.91 Å². The third-order valence-corrected chi connectivity index (χ3v) is 4.25. The van der Waals surface area contributed by atoms with Crippen molar-refractivity contribution in [1.29, 1.82) is 0 Å². The number of carbonyl (C=O) groups is 1. The minimum Gasteiger partial charge on any atom is -0.393 e. The summed E-state index contributed by atoms with van der Waals surface area (Å²) in [5.74, 6) is 0.890. The Morgan fingerprint density at radius 1 is 1.22 bits per heavy atom. The Hall–Kier alpha value is -0.610. The van der Waals surface area contributed by atoms with Crippen molar-refractivity contribution in [1.82, 2.24) is 10.6 Å². The van der Waals surface area contributed by atoms with E-state index in [1.807, 2.05) is 0 Å². The van der Waals surface area contributed by atoms with Crippen LogP contribution in [0.15, 0.2) is 0 Å². The van der Waals surface area contributed by atoms with Crippen LogP contribution < -0.4 is 10.6 Å². The molecule has 2 aliphatic rings. The van der Waals surface area contributed by atoms with Crippen molar-refractivity contribution >= 4 is 5.91 Å². The molecule has 1 saturated carbocycles. The predicted molar refractivity (Wildman–Crippen MR) is 71.2 cm³/mol. The zero-order valence-electron chi connectivity index (χ0n) is 11.2. The first kappa shape index (κ1) is 13.8. The van der Waals surface area contributed by atoms with Crippen LogP contribution in [0.1, 0.15) is 51.4 Å². The molecule has 2 rings (SSSR count). The maximum Gasteiger partial charge on any atom is 0.220 e. The highest BCUT2D eigenvalue weighted by Gasteiger charge is 2.22. The van der Waals surface area contributed by atoms with E-state index in [0.29, 0.717) is 12.3 Å². The number of aliphatic hydroxyl groups is 1. The number of piperidine rings is 1. The van der Waals surface area contributed by atoms with Crippen LogP contribution in [0.2, 0.25) is 0 Å². The first-order valence-corrected chi connectivity index (χ1v) is 7.42. The van der Waals surface area contributed by atoms with Gasteiger partial charge in [0.1, 0.15) is 0 Å². The molecular formula is C14H26N2O2. The number of hydrogen-bond acceptors (Lipinski definition) is 3. The number of amides is 1. The van der Waals surface area contributed by atoms with Gasteiger partial charge >= 0.3 is 0 Å². The summed E-state index contributed by atoms with van der Waals surface area (Å²) in [5.41, 5.74) is 0. The molecule has 4 heteroatoms. The highest BCUT2D eigenvalue weighted by molar-refractivity contribution is 5.76. The van der Waals surface area contributed by atoms with Crippen LogP contribution >= 0.6 is 0 Å². The van der Waals surface area contributed by atoms with Gasteiger partial charge in [0, 0.05) is 12.5 Å². The van der Waals surface area contributed by atoms with Crippen molar-refractivity contribution in [2.45, 2.75) is 63.5 Å². The Kier molecular flexibility index (Phi) is 5.45. The van der Waals surface area contributed by atoms with E-state index in [-0.39, 0.29) is 18.1 Å². The fourth-order valence-electron chi connectivity index (χ4n) is 3.10. The number of rotatable bonds is 4. The molecule has 0 bridgehead atoms. The van der Waals surface area contributed by atoms with Crippen molar-refractivity contribution in [2.24, 2.45) is 5.92 Å². The van der Waals surface area contributed by atoms with Gasteiger partial charge < -0.3 is 15.7 Å². The van der Waals surface area contributed by atoms with Gasteiger partial charge in [0.05, 0.1) is 6.10 Å². The molecule has 3 N–H and O–H groups in total. The minimum absolute atomic E-state index is 0.174. The van der Waals surface area contributed by atoms with Gasteiger partial charge in [-0.3, -0.25) is 4.79 Å². The minimum atomic E-state index is -0.214. The fourth-order valence-corrected chi connectivity index (χ4v) is 3.10. The van der Waals surface area contributed by atoms with Crippen LogP contribution in [0.5, 0.6) is 0 Å². The number of hydrogen-bond donors (Lipinski definition) is 3. The Morgan fingerprint density at radius 3 is 2.72 bits per heavy atom. The molecule has 2 fully saturated rings. The van der Waals surface area contributed by atoms with Crippen LogP contribution in [0, 0.1) is 5.92 Å². The second-order valence-electron chi connectivity index (χ2n) is 5.82. The average Bonchev–Trinajstić information content (AvgIpc) is 2.38.